The number of carbonyl (C=O) groups is 1. The molecule has 0 heterocycles. The molecule has 11 heavy (non-hydrogen) atoms. The van der Waals surface area contributed by atoms with Gasteiger partial charge in [0.05, 0.1) is 0 Å². The van der Waals surface area contributed by atoms with Crippen molar-refractivity contribution < 1.29 is 4.79 Å². The van der Waals surface area contributed by atoms with E-state index in [-0.39, 0.29) is 5.16 Å². The molecule has 0 fully saturated rings. The van der Waals surface area contributed by atoms with Crippen LogP contribution < -0.4 is 0 Å². The molecule has 0 radical (unpaired) electrons. The summed E-state index contributed by atoms with van der Waals surface area (Å²) >= 11 is 10.6. The van der Waals surface area contributed by atoms with Crippen LogP contribution in [0.1, 0.15) is 6.92 Å². The van der Waals surface area contributed by atoms with E-state index in [2.05, 4.69) is 11.7 Å². The number of allylic oxidation sites excluding steroid dienone is 3. The van der Waals surface area contributed by atoms with Gasteiger partial charge in [0.25, 0.3) is 0 Å². The Kier molecular flexibility index (Phi) is 4.83. The number of aliphatic imine (C=N–C) groups is 1. The second-order valence-corrected chi connectivity index (χ2v) is 2.50. The molecule has 0 aliphatic heterocycles. The molecular formula is C7H7Cl2NO. The molecule has 0 aromatic rings. The maximum atomic E-state index is 10.4. The fourth-order valence-electron chi connectivity index (χ4n) is 0.312. The average Bonchev–Trinajstić information content (AvgIpc) is 1.99. The Labute approximate surface area is 75.2 Å². The van der Waals surface area contributed by atoms with E-state index in [0.717, 1.165) is 0 Å². The van der Waals surface area contributed by atoms with Gasteiger partial charge >= 0.3 is 0 Å². The van der Waals surface area contributed by atoms with Gasteiger partial charge in [-0.2, -0.15) is 0 Å². The van der Waals surface area contributed by atoms with E-state index in [1.807, 2.05) is 0 Å². The zero-order valence-corrected chi connectivity index (χ0v) is 7.49. The molecule has 0 aliphatic rings. The number of hydrogen-bond acceptors (Lipinski definition) is 2. The maximum absolute atomic E-state index is 10.4. The lowest BCUT2D eigenvalue weighted by atomic mass is 10.3. The summed E-state index contributed by atoms with van der Waals surface area (Å²) in [6.45, 7) is 4.77. The minimum absolute atomic E-state index is 0.224. The third-order valence-corrected chi connectivity index (χ3v) is 1.48. The summed E-state index contributed by atoms with van der Waals surface area (Å²) in [5.74, 6) is 0. The molecule has 0 aliphatic carbocycles. The maximum Gasteiger partial charge on any atom is 0.248 e. The topological polar surface area (TPSA) is 29.4 Å². The van der Waals surface area contributed by atoms with Crippen molar-refractivity contribution in [2.75, 3.05) is 0 Å². The zero-order chi connectivity index (χ0) is 8.85. The first kappa shape index (κ1) is 10.4. The van der Waals surface area contributed by atoms with Crippen LogP contribution in [0.5, 0.6) is 0 Å². The largest absolute Gasteiger partial charge is 0.276 e. The molecule has 2 nitrogen and oxygen atoms in total. The van der Waals surface area contributed by atoms with Gasteiger partial charge < -0.3 is 0 Å². The van der Waals surface area contributed by atoms with Crippen LogP contribution in [-0.2, 0) is 4.79 Å². The third-order valence-electron chi connectivity index (χ3n) is 0.932. The molecule has 0 unspecified atom stereocenters. The first-order chi connectivity index (χ1) is 5.07. The smallest absolute Gasteiger partial charge is 0.248 e. The van der Waals surface area contributed by atoms with E-state index in [1.165, 1.54) is 12.2 Å². The van der Waals surface area contributed by atoms with E-state index in [0.29, 0.717) is 5.57 Å². The molecular weight excluding hydrogens is 185 g/mol. The van der Waals surface area contributed by atoms with Crippen molar-refractivity contribution in [3.63, 3.8) is 0 Å². The summed E-state index contributed by atoms with van der Waals surface area (Å²) in [5, 5.41) is -0.281. The van der Waals surface area contributed by atoms with Gasteiger partial charge in [-0.25, -0.2) is 0 Å². The van der Waals surface area contributed by atoms with Gasteiger partial charge in [0, 0.05) is 5.57 Å². The Balaban J connectivity index is 4.34. The Morgan fingerprint density at radius 1 is 1.45 bits per heavy atom. The van der Waals surface area contributed by atoms with Gasteiger partial charge in [-0.3, -0.25) is 9.79 Å². The minimum Gasteiger partial charge on any atom is -0.276 e. The first-order valence-corrected chi connectivity index (χ1v) is 3.54. The predicted octanol–water partition coefficient (Wildman–Crippen LogP) is 2.48. The van der Waals surface area contributed by atoms with Crippen molar-refractivity contribution in [3.8, 4) is 0 Å². The molecule has 0 N–H and O–H groups in total. The molecule has 0 spiro atoms. The molecule has 4 heteroatoms. The van der Waals surface area contributed by atoms with Crippen molar-refractivity contribution in [1.82, 2.24) is 0 Å². The normalized spacial score (nSPS) is 13.0. The molecule has 0 aromatic heterocycles. The van der Waals surface area contributed by atoms with Crippen molar-refractivity contribution in [3.05, 3.63) is 22.9 Å². The number of rotatable bonds is 3. The van der Waals surface area contributed by atoms with Gasteiger partial charge in [0.2, 0.25) is 5.24 Å². The Morgan fingerprint density at radius 2 is 2.00 bits per heavy atom. The van der Waals surface area contributed by atoms with Crippen molar-refractivity contribution in [2.45, 2.75) is 6.92 Å². The quantitative estimate of drug-likeness (QED) is 0.222. The van der Waals surface area contributed by atoms with Crippen LogP contribution in [0.15, 0.2) is 27.9 Å². The molecule has 0 atom stereocenters. The predicted molar refractivity (Wildman–Crippen MR) is 48.1 cm³/mol. The minimum atomic E-state index is -0.505. The van der Waals surface area contributed by atoms with Crippen molar-refractivity contribution >= 4 is 35.2 Å². The fourth-order valence-corrected chi connectivity index (χ4v) is 0.438. The highest BCUT2D eigenvalue weighted by Gasteiger charge is 1.95. The van der Waals surface area contributed by atoms with Crippen LogP contribution in [0.4, 0.5) is 0 Å². The first-order valence-electron chi connectivity index (χ1n) is 2.78. The zero-order valence-electron chi connectivity index (χ0n) is 5.97. The summed E-state index contributed by atoms with van der Waals surface area (Å²) in [7, 11) is 0. The van der Waals surface area contributed by atoms with E-state index in [1.54, 1.807) is 6.92 Å². The SMILES string of the molecule is C=N/C(Cl)=C\C=C(/C)C(=O)Cl. The van der Waals surface area contributed by atoms with Gasteiger partial charge in [0.15, 0.2) is 0 Å². The molecule has 0 saturated heterocycles. The van der Waals surface area contributed by atoms with E-state index < -0.39 is 5.24 Å². The van der Waals surface area contributed by atoms with Gasteiger partial charge in [-0.15, -0.1) is 0 Å². The molecule has 0 saturated carbocycles. The summed E-state index contributed by atoms with van der Waals surface area (Å²) in [6.07, 6.45) is 2.93. The number of carbonyl (C=O) groups excluding carboxylic acids is 1. The van der Waals surface area contributed by atoms with Gasteiger partial charge in [-0.05, 0) is 31.3 Å². The monoisotopic (exact) mass is 191 g/mol. The fraction of sp³-hybridized carbons (Fsp3) is 0.143. The molecule has 0 bridgehead atoms. The second-order valence-electron chi connectivity index (χ2n) is 1.77. The lowest BCUT2D eigenvalue weighted by Crippen LogP contribution is -1.85. The van der Waals surface area contributed by atoms with Crippen molar-refractivity contribution in [1.29, 1.82) is 0 Å². The molecule has 0 rings (SSSR count). The van der Waals surface area contributed by atoms with Crippen molar-refractivity contribution in [2.24, 2.45) is 4.99 Å². The number of hydrogen-bond donors (Lipinski definition) is 0. The summed E-state index contributed by atoms with van der Waals surface area (Å²) < 4.78 is 0. The Morgan fingerprint density at radius 3 is 2.36 bits per heavy atom. The molecule has 60 valence electrons. The lowest BCUT2D eigenvalue weighted by Gasteiger charge is -1.87. The van der Waals surface area contributed by atoms with Crippen LogP contribution in [0.25, 0.3) is 0 Å². The van der Waals surface area contributed by atoms with Gasteiger partial charge in [0.1, 0.15) is 5.16 Å². The van der Waals surface area contributed by atoms with Crippen LogP contribution in [-0.4, -0.2) is 12.0 Å². The van der Waals surface area contributed by atoms with Crippen LogP contribution in [0, 0.1) is 0 Å². The number of nitrogens with zero attached hydrogens (tertiary/aromatic N) is 1. The second kappa shape index (κ2) is 5.10. The third kappa shape index (κ3) is 4.76. The van der Waals surface area contributed by atoms with E-state index in [9.17, 15) is 4.79 Å². The lowest BCUT2D eigenvalue weighted by molar-refractivity contribution is -0.108. The molecule has 0 aromatic carbocycles. The standard InChI is InChI=1S/C7H7Cl2NO/c1-5(7(9)11)3-4-6(8)10-2/h3-4H,2H2,1H3/b5-3+,6-4-. The highest BCUT2D eigenvalue weighted by molar-refractivity contribution is 6.67. The number of halogens is 2. The highest BCUT2D eigenvalue weighted by Crippen LogP contribution is 2.04. The highest BCUT2D eigenvalue weighted by atomic mass is 35.5. The van der Waals surface area contributed by atoms with E-state index in [4.69, 9.17) is 23.2 Å². The van der Waals surface area contributed by atoms with Crippen LogP contribution in [0.3, 0.4) is 0 Å². The summed E-state index contributed by atoms with van der Waals surface area (Å²) in [6, 6.07) is 0. The molecule has 0 amide bonds. The van der Waals surface area contributed by atoms with E-state index >= 15 is 0 Å². The average molecular weight is 192 g/mol. The van der Waals surface area contributed by atoms with Gasteiger partial charge in [-0.1, -0.05) is 17.7 Å². The summed E-state index contributed by atoms with van der Waals surface area (Å²) in [4.78, 5) is 13.8. The van der Waals surface area contributed by atoms with Crippen LogP contribution >= 0.6 is 23.2 Å². The van der Waals surface area contributed by atoms with Crippen LogP contribution in [0.2, 0.25) is 0 Å². The summed E-state index contributed by atoms with van der Waals surface area (Å²) in [5.41, 5.74) is 0.411. The Hall–Kier alpha value is -0.600. The Bertz CT molecular complexity index is 231.